The van der Waals surface area contributed by atoms with Gasteiger partial charge in [-0.05, 0) is 36.4 Å². The van der Waals surface area contributed by atoms with E-state index in [4.69, 9.17) is 4.42 Å². The maximum Gasteiger partial charge on any atom is 0.246 e. The number of hydrogen-bond acceptors (Lipinski definition) is 3. The molecule has 0 amide bonds. The Morgan fingerprint density at radius 2 is 1.50 bits per heavy atom. The smallest absolute Gasteiger partial charge is 0.246 e. The number of para-hydroxylation sites is 2. The Morgan fingerprint density at radius 3 is 2.25 bits per heavy atom. The molecule has 4 heteroatoms. The highest BCUT2D eigenvalue weighted by Gasteiger charge is 2.09. The molecule has 0 bridgehead atoms. The molecule has 2 heterocycles. The van der Waals surface area contributed by atoms with Crippen LogP contribution in [-0.2, 0) is 0 Å². The van der Waals surface area contributed by atoms with Crippen molar-refractivity contribution in [1.29, 1.82) is 0 Å². The Balaban J connectivity index is 1.93. The number of fused-ring (bicyclic) bond motifs is 2. The highest BCUT2D eigenvalue weighted by molar-refractivity contribution is 5.85. The minimum atomic E-state index is -0.271. The summed E-state index contributed by atoms with van der Waals surface area (Å²) in [5, 5.41) is 0. The van der Waals surface area contributed by atoms with Gasteiger partial charge in [0, 0.05) is 11.6 Å². The van der Waals surface area contributed by atoms with Gasteiger partial charge in [0.15, 0.2) is 0 Å². The predicted molar refractivity (Wildman–Crippen MR) is 74.7 cm³/mol. The third-order valence-corrected chi connectivity index (χ3v) is 3.17. The Kier molecular flexibility index (Phi) is 2.29. The summed E-state index contributed by atoms with van der Waals surface area (Å²) < 4.78 is 18.6. The van der Waals surface area contributed by atoms with Crippen LogP contribution in [0.2, 0.25) is 0 Å². The van der Waals surface area contributed by atoms with E-state index in [1.54, 1.807) is 12.1 Å². The molecule has 0 aliphatic heterocycles. The van der Waals surface area contributed by atoms with Gasteiger partial charge in [-0.2, -0.15) is 0 Å². The van der Waals surface area contributed by atoms with E-state index < -0.39 is 0 Å². The summed E-state index contributed by atoms with van der Waals surface area (Å²) in [6.45, 7) is 0. The van der Waals surface area contributed by atoms with E-state index >= 15 is 0 Å². The van der Waals surface area contributed by atoms with Crippen molar-refractivity contribution in [2.45, 2.75) is 0 Å². The molecule has 0 radical (unpaired) electrons. The topological polar surface area (TPSA) is 38.9 Å². The first kappa shape index (κ1) is 11.1. The summed E-state index contributed by atoms with van der Waals surface area (Å²) in [5.74, 6) is 0.363. The third kappa shape index (κ3) is 1.73. The zero-order valence-corrected chi connectivity index (χ0v) is 10.4. The normalized spacial score (nSPS) is 11.2. The van der Waals surface area contributed by atoms with Gasteiger partial charge >= 0.3 is 0 Å². The quantitative estimate of drug-likeness (QED) is 0.517. The van der Waals surface area contributed by atoms with E-state index in [2.05, 4.69) is 9.97 Å². The fraction of sp³-hybridized carbons (Fsp3) is 0. The van der Waals surface area contributed by atoms with Crippen LogP contribution in [0.1, 0.15) is 0 Å². The number of hydrogen-bond donors (Lipinski definition) is 0. The number of benzene rings is 2. The molecule has 0 aliphatic carbocycles. The van der Waals surface area contributed by atoms with Gasteiger partial charge in [-0.3, -0.25) is 0 Å². The fourth-order valence-electron chi connectivity index (χ4n) is 2.18. The van der Waals surface area contributed by atoms with E-state index in [0.29, 0.717) is 17.0 Å². The second-order valence-corrected chi connectivity index (χ2v) is 4.52. The molecule has 96 valence electrons. The lowest BCUT2D eigenvalue weighted by Crippen LogP contribution is -1.82. The molecule has 0 saturated heterocycles. The molecule has 0 N–H and O–H groups in total. The monoisotopic (exact) mass is 264 g/mol. The summed E-state index contributed by atoms with van der Waals surface area (Å²) in [5.41, 5.74) is 3.60. The molecule has 0 aliphatic rings. The van der Waals surface area contributed by atoms with Gasteiger partial charge in [0.2, 0.25) is 5.71 Å². The van der Waals surface area contributed by atoms with Gasteiger partial charge in [0.05, 0.1) is 11.0 Å². The molecular formula is C16H9FN2O. The van der Waals surface area contributed by atoms with Crippen molar-refractivity contribution in [2.24, 2.45) is 0 Å². The Hall–Kier alpha value is -2.75. The standard InChI is InChI=1S/C16H9FN2O/c17-11-7-5-10(6-8-11)15-9-14-16(20-15)19-13-4-2-1-3-12(13)18-14/h1-9H. The van der Waals surface area contributed by atoms with Crippen LogP contribution >= 0.6 is 0 Å². The average Bonchev–Trinajstić information content (AvgIpc) is 2.88. The molecule has 0 fully saturated rings. The molecule has 20 heavy (non-hydrogen) atoms. The summed E-state index contributed by atoms with van der Waals surface area (Å²) >= 11 is 0. The van der Waals surface area contributed by atoms with E-state index in [1.807, 2.05) is 30.3 Å². The fourth-order valence-corrected chi connectivity index (χ4v) is 2.18. The SMILES string of the molecule is Fc1ccc(-c2cc3nc4ccccc4nc3o2)cc1. The van der Waals surface area contributed by atoms with Crippen molar-refractivity contribution in [2.75, 3.05) is 0 Å². The Morgan fingerprint density at radius 1 is 0.800 bits per heavy atom. The summed E-state index contributed by atoms with van der Waals surface area (Å²) in [7, 11) is 0. The zero-order chi connectivity index (χ0) is 13.5. The summed E-state index contributed by atoms with van der Waals surface area (Å²) in [6, 6.07) is 15.6. The van der Waals surface area contributed by atoms with Crippen molar-refractivity contribution in [3.63, 3.8) is 0 Å². The average molecular weight is 264 g/mol. The van der Waals surface area contributed by atoms with Gasteiger partial charge in [-0.1, -0.05) is 12.1 Å². The van der Waals surface area contributed by atoms with E-state index in [9.17, 15) is 4.39 Å². The maximum atomic E-state index is 12.9. The lowest BCUT2D eigenvalue weighted by molar-refractivity contribution is 0.616. The van der Waals surface area contributed by atoms with Crippen LogP contribution < -0.4 is 0 Å². The lowest BCUT2D eigenvalue weighted by Gasteiger charge is -1.95. The summed E-state index contributed by atoms with van der Waals surface area (Å²) in [4.78, 5) is 8.95. The predicted octanol–water partition coefficient (Wildman–Crippen LogP) is 4.18. The molecular weight excluding hydrogens is 255 g/mol. The van der Waals surface area contributed by atoms with Crippen LogP contribution in [0.4, 0.5) is 4.39 Å². The number of halogens is 1. The Bertz CT molecular complexity index is 860. The van der Waals surface area contributed by atoms with Crippen LogP contribution in [0.25, 0.3) is 33.6 Å². The molecule has 3 nitrogen and oxygen atoms in total. The molecule has 4 rings (SSSR count). The van der Waals surface area contributed by atoms with Gasteiger partial charge in [-0.25, -0.2) is 14.4 Å². The zero-order valence-electron chi connectivity index (χ0n) is 10.4. The van der Waals surface area contributed by atoms with E-state index in [0.717, 1.165) is 16.6 Å². The number of nitrogens with zero attached hydrogens (tertiary/aromatic N) is 2. The highest BCUT2D eigenvalue weighted by atomic mass is 19.1. The second kappa shape index (κ2) is 4.13. The third-order valence-electron chi connectivity index (χ3n) is 3.17. The minimum absolute atomic E-state index is 0.271. The van der Waals surface area contributed by atoms with Crippen LogP contribution in [0, 0.1) is 5.82 Å². The molecule has 4 aromatic rings. The molecule has 0 unspecified atom stereocenters. The van der Waals surface area contributed by atoms with Crippen molar-refractivity contribution >= 4 is 22.3 Å². The van der Waals surface area contributed by atoms with Crippen LogP contribution in [-0.4, -0.2) is 9.97 Å². The first-order valence-electron chi connectivity index (χ1n) is 6.22. The summed E-state index contributed by atoms with van der Waals surface area (Å²) in [6.07, 6.45) is 0. The molecule has 0 atom stereocenters. The van der Waals surface area contributed by atoms with Crippen molar-refractivity contribution in [3.05, 3.63) is 60.4 Å². The van der Waals surface area contributed by atoms with Crippen LogP contribution in [0.3, 0.4) is 0 Å². The molecule has 2 aromatic heterocycles. The Labute approximate surface area is 113 Å². The van der Waals surface area contributed by atoms with Crippen LogP contribution in [0.15, 0.2) is 59.0 Å². The van der Waals surface area contributed by atoms with E-state index in [-0.39, 0.29) is 5.82 Å². The number of aromatic nitrogens is 2. The number of furan rings is 1. The van der Waals surface area contributed by atoms with Crippen molar-refractivity contribution < 1.29 is 8.81 Å². The molecule has 2 aromatic carbocycles. The van der Waals surface area contributed by atoms with Crippen LogP contribution in [0.5, 0.6) is 0 Å². The van der Waals surface area contributed by atoms with Gasteiger partial charge in [0.25, 0.3) is 0 Å². The van der Waals surface area contributed by atoms with Gasteiger partial charge in [-0.15, -0.1) is 0 Å². The highest BCUT2D eigenvalue weighted by Crippen LogP contribution is 2.27. The van der Waals surface area contributed by atoms with Gasteiger partial charge in [0.1, 0.15) is 17.1 Å². The van der Waals surface area contributed by atoms with E-state index in [1.165, 1.54) is 12.1 Å². The molecule has 0 spiro atoms. The molecule has 0 saturated carbocycles. The number of rotatable bonds is 1. The lowest BCUT2D eigenvalue weighted by atomic mass is 10.2. The first-order valence-corrected chi connectivity index (χ1v) is 6.22. The second-order valence-electron chi connectivity index (χ2n) is 4.52. The maximum absolute atomic E-state index is 12.9. The largest absolute Gasteiger partial charge is 0.436 e. The minimum Gasteiger partial charge on any atom is -0.436 e. The van der Waals surface area contributed by atoms with Gasteiger partial charge < -0.3 is 4.42 Å². The first-order chi connectivity index (χ1) is 9.79. The van der Waals surface area contributed by atoms with Crippen molar-refractivity contribution in [3.8, 4) is 11.3 Å². The van der Waals surface area contributed by atoms with Crippen molar-refractivity contribution in [1.82, 2.24) is 9.97 Å².